The third kappa shape index (κ3) is 1.67. The van der Waals surface area contributed by atoms with Gasteiger partial charge in [0.2, 0.25) is 0 Å². The molecule has 1 aliphatic carbocycles. The molecule has 2 N–H and O–H groups in total. The lowest BCUT2D eigenvalue weighted by atomic mass is 10.2. The molecule has 0 aliphatic heterocycles. The van der Waals surface area contributed by atoms with Crippen LogP contribution in [0, 0.1) is 0 Å². The SMILES string of the molecule is COC1CCCC1n1cc(CN)cn1. The summed E-state index contributed by atoms with van der Waals surface area (Å²) in [6.45, 7) is 0.560. The summed E-state index contributed by atoms with van der Waals surface area (Å²) in [5.41, 5.74) is 6.63. The maximum absolute atomic E-state index is 5.54. The van der Waals surface area contributed by atoms with Gasteiger partial charge in [-0.25, -0.2) is 0 Å². The number of hydrogen-bond donors (Lipinski definition) is 1. The predicted molar refractivity (Wildman–Crippen MR) is 53.8 cm³/mol. The standard InChI is InChI=1S/C10H17N3O/c1-14-10-4-2-3-9(10)13-7-8(5-11)6-12-13/h6-7,9-10H,2-5,11H2,1H3. The van der Waals surface area contributed by atoms with Crippen LogP contribution in [0.4, 0.5) is 0 Å². The molecule has 14 heavy (non-hydrogen) atoms. The normalized spacial score (nSPS) is 27.0. The monoisotopic (exact) mass is 195 g/mol. The number of aromatic nitrogens is 2. The topological polar surface area (TPSA) is 53.1 Å². The Hall–Kier alpha value is -0.870. The molecule has 1 saturated carbocycles. The van der Waals surface area contributed by atoms with Gasteiger partial charge in [0.15, 0.2) is 0 Å². The molecule has 2 rings (SSSR count). The van der Waals surface area contributed by atoms with Crippen molar-refractivity contribution >= 4 is 0 Å². The zero-order valence-corrected chi connectivity index (χ0v) is 8.52. The molecular weight excluding hydrogens is 178 g/mol. The molecule has 4 heteroatoms. The van der Waals surface area contributed by atoms with Gasteiger partial charge >= 0.3 is 0 Å². The van der Waals surface area contributed by atoms with Crippen molar-refractivity contribution in [3.8, 4) is 0 Å². The summed E-state index contributed by atoms with van der Waals surface area (Å²) in [5.74, 6) is 0. The Labute approximate surface area is 84.0 Å². The lowest BCUT2D eigenvalue weighted by Crippen LogP contribution is -2.20. The molecule has 4 nitrogen and oxygen atoms in total. The molecule has 0 amide bonds. The third-order valence-electron chi connectivity index (χ3n) is 2.95. The number of nitrogens with two attached hydrogens (primary N) is 1. The minimum atomic E-state index is 0.320. The highest BCUT2D eigenvalue weighted by Crippen LogP contribution is 2.31. The molecule has 0 aromatic carbocycles. The van der Waals surface area contributed by atoms with Crippen molar-refractivity contribution in [2.24, 2.45) is 5.73 Å². The molecule has 1 heterocycles. The highest BCUT2D eigenvalue weighted by molar-refractivity contribution is 5.04. The molecule has 78 valence electrons. The van der Waals surface area contributed by atoms with E-state index in [1.807, 2.05) is 17.1 Å². The van der Waals surface area contributed by atoms with E-state index in [2.05, 4.69) is 5.10 Å². The van der Waals surface area contributed by atoms with E-state index in [1.165, 1.54) is 6.42 Å². The molecule has 1 aromatic heterocycles. The molecular formula is C10H17N3O. The van der Waals surface area contributed by atoms with Crippen LogP contribution in [0.2, 0.25) is 0 Å². The van der Waals surface area contributed by atoms with Crippen LogP contribution in [-0.2, 0) is 11.3 Å². The van der Waals surface area contributed by atoms with E-state index in [0.717, 1.165) is 18.4 Å². The van der Waals surface area contributed by atoms with Crippen LogP contribution in [0.5, 0.6) is 0 Å². The van der Waals surface area contributed by atoms with Gasteiger partial charge in [-0.1, -0.05) is 0 Å². The van der Waals surface area contributed by atoms with E-state index >= 15 is 0 Å². The highest BCUT2D eigenvalue weighted by Gasteiger charge is 2.28. The fraction of sp³-hybridized carbons (Fsp3) is 0.700. The molecule has 0 radical (unpaired) electrons. The Bertz CT molecular complexity index is 297. The largest absolute Gasteiger partial charge is 0.379 e. The molecule has 1 aliphatic rings. The van der Waals surface area contributed by atoms with Crippen LogP contribution < -0.4 is 5.73 Å². The van der Waals surface area contributed by atoms with Gasteiger partial charge in [0.1, 0.15) is 0 Å². The van der Waals surface area contributed by atoms with Crippen LogP contribution in [0.3, 0.4) is 0 Å². The Morgan fingerprint density at radius 1 is 1.64 bits per heavy atom. The molecule has 1 fully saturated rings. The summed E-state index contributed by atoms with van der Waals surface area (Å²) >= 11 is 0. The van der Waals surface area contributed by atoms with Crippen LogP contribution >= 0.6 is 0 Å². The Kier molecular flexibility index (Phi) is 2.84. The lowest BCUT2D eigenvalue weighted by Gasteiger charge is -2.18. The molecule has 0 bridgehead atoms. The summed E-state index contributed by atoms with van der Waals surface area (Å²) in [6.07, 6.45) is 7.71. The van der Waals surface area contributed by atoms with Crippen LogP contribution in [0.1, 0.15) is 30.9 Å². The summed E-state index contributed by atoms with van der Waals surface area (Å²) < 4.78 is 7.43. The number of nitrogens with zero attached hydrogens (tertiary/aromatic N) is 2. The van der Waals surface area contributed by atoms with Gasteiger partial charge in [0.05, 0.1) is 18.3 Å². The average Bonchev–Trinajstić information content (AvgIpc) is 2.85. The maximum Gasteiger partial charge on any atom is 0.0795 e. The van der Waals surface area contributed by atoms with Crippen molar-refractivity contribution in [2.75, 3.05) is 7.11 Å². The summed E-state index contributed by atoms with van der Waals surface area (Å²) in [6, 6.07) is 0.403. The highest BCUT2D eigenvalue weighted by atomic mass is 16.5. The average molecular weight is 195 g/mol. The van der Waals surface area contributed by atoms with Crippen LogP contribution in [0.25, 0.3) is 0 Å². The van der Waals surface area contributed by atoms with Gasteiger partial charge in [-0.15, -0.1) is 0 Å². The Balaban J connectivity index is 2.13. The molecule has 2 atom stereocenters. The van der Waals surface area contributed by atoms with Gasteiger partial charge in [-0.2, -0.15) is 5.10 Å². The quantitative estimate of drug-likeness (QED) is 0.785. The zero-order chi connectivity index (χ0) is 9.97. The fourth-order valence-corrected chi connectivity index (χ4v) is 2.15. The fourth-order valence-electron chi connectivity index (χ4n) is 2.15. The van der Waals surface area contributed by atoms with Crippen molar-refractivity contribution in [1.29, 1.82) is 0 Å². The van der Waals surface area contributed by atoms with Gasteiger partial charge in [-0.05, 0) is 19.3 Å². The smallest absolute Gasteiger partial charge is 0.0795 e. The van der Waals surface area contributed by atoms with E-state index in [-0.39, 0.29) is 0 Å². The van der Waals surface area contributed by atoms with E-state index in [1.54, 1.807) is 7.11 Å². The predicted octanol–water partition coefficient (Wildman–Crippen LogP) is 1.08. The van der Waals surface area contributed by atoms with Crippen LogP contribution in [0.15, 0.2) is 12.4 Å². The first kappa shape index (κ1) is 9.68. The summed E-state index contributed by atoms with van der Waals surface area (Å²) in [4.78, 5) is 0. The second-order valence-corrected chi connectivity index (χ2v) is 3.81. The summed E-state index contributed by atoms with van der Waals surface area (Å²) in [7, 11) is 1.77. The Morgan fingerprint density at radius 2 is 2.50 bits per heavy atom. The number of ether oxygens (including phenoxy) is 1. The van der Waals surface area contributed by atoms with Crippen molar-refractivity contribution in [1.82, 2.24) is 9.78 Å². The second kappa shape index (κ2) is 4.11. The van der Waals surface area contributed by atoms with Gasteiger partial charge < -0.3 is 10.5 Å². The first-order valence-electron chi connectivity index (χ1n) is 5.11. The molecule has 1 aromatic rings. The van der Waals surface area contributed by atoms with Crippen molar-refractivity contribution in [2.45, 2.75) is 38.0 Å². The van der Waals surface area contributed by atoms with E-state index in [9.17, 15) is 0 Å². The first-order chi connectivity index (χ1) is 6.85. The Morgan fingerprint density at radius 3 is 3.14 bits per heavy atom. The van der Waals surface area contributed by atoms with Gasteiger partial charge in [-0.3, -0.25) is 4.68 Å². The van der Waals surface area contributed by atoms with Crippen molar-refractivity contribution in [3.63, 3.8) is 0 Å². The second-order valence-electron chi connectivity index (χ2n) is 3.81. The molecule has 0 spiro atoms. The zero-order valence-electron chi connectivity index (χ0n) is 8.52. The van der Waals surface area contributed by atoms with Crippen LogP contribution in [-0.4, -0.2) is 23.0 Å². The van der Waals surface area contributed by atoms with E-state index in [4.69, 9.17) is 10.5 Å². The molecule has 2 unspecified atom stereocenters. The van der Waals surface area contributed by atoms with Crippen molar-refractivity contribution < 1.29 is 4.74 Å². The number of rotatable bonds is 3. The van der Waals surface area contributed by atoms with E-state index < -0.39 is 0 Å². The number of hydrogen-bond acceptors (Lipinski definition) is 3. The molecule has 0 saturated heterocycles. The van der Waals surface area contributed by atoms with E-state index in [0.29, 0.717) is 18.7 Å². The number of methoxy groups -OCH3 is 1. The summed E-state index contributed by atoms with van der Waals surface area (Å²) in [5, 5.41) is 4.32. The maximum atomic E-state index is 5.54. The minimum Gasteiger partial charge on any atom is -0.379 e. The van der Waals surface area contributed by atoms with Gasteiger partial charge in [0, 0.05) is 25.4 Å². The minimum absolute atomic E-state index is 0.320. The lowest BCUT2D eigenvalue weighted by molar-refractivity contribution is 0.0708. The first-order valence-corrected chi connectivity index (χ1v) is 5.11. The van der Waals surface area contributed by atoms with Crippen molar-refractivity contribution in [3.05, 3.63) is 18.0 Å². The van der Waals surface area contributed by atoms with Gasteiger partial charge in [0.25, 0.3) is 0 Å². The third-order valence-corrected chi connectivity index (χ3v) is 2.95.